The standard InChI is InChI=1S/C12H14N2O2.C2H6/c1-3-5-9-7-12(6-8(9)4-2)10(15)13-11(16)14-12;1-2/h3-5H,1,6-7H2,2H3,(H2,13,14,15,16);1-2H3/b8-4-,9-5-;. The zero-order valence-corrected chi connectivity index (χ0v) is 11.2. The van der Waals surface area contributed by atoms with E-state index in [1.165, 1.54) is 0 Å². The first-order valence-electron chi connectivity index (χ1n) is 6.22. The zero-order chi connectivity index (χ0) is 13.8. The molecule has 2 N–H and O–H groups in total. The minimum Gasteiger partial charge on any atom is -0.323 e. The molecule has 1 unspecified atom stereocenters. The van der Waals surface area contributed by atoms with E-state index in [0.717, 1.165) is 11.1 Å². The lowest BCUT2D eigenvalue weighted by atomic mass is 9.97. The first kappa shape index (κ1) is 14.2. The van der Waals surface area contributed by atoms with E-state index in [1.54, 1.807) is 6.08 Å². The number of hydrogen-bond acceptors (Lipinski definition) is 2. The van der Waals surface area contributed by atoms with Gasteiger partial charge >= 0.3 is 6.03 Å². The molecule has 18 heavy (non-hydrogen) atoms. The van der Waals surface area contributed by atoms with Gasteiger partial charge in [0.15, 0.2) is 0 Å². The van der Waals surface area contributed by atoms with Crippen LogP contribution in [0.15, 0.2) is 36.0 Å². The van der Waals surface area contributed by atoms with Gasteiger partial charge in [-0.1, -0.05) is 38.7 Å². The molecule has 98 valence electrons. The Kier molecular flexibility index (Phi) is 4.48. The van der Waals surface area contributed by atoms with Crippen LogP contribution in [-0.4, -0.2) is 17.5 Å². The molecule has 4 nitrogen and oxygen atoms in total. The van der Waals surface area contributed by atoms with Gasteiger partial charge in [0.1, 0.15) is 5.54 Å². The fourth-order valence-corrected chi connectivity index (χ4v) is 2.31. The number of carbonyl (C=O) groups is 2. The summed E-state index contributed by atoms with van der Waals surface area (Å²) in [5, 5.41) is 5.00. The van der Waals surface area contributed by atoms with Gasteiger partial charge in [-0.2, -0.15) is 0 Å². The SMILES string of the molecule is C=C/C=C1/CC2(C/C1=C/C)NC(=O)NC2=O.CC. The van der Waals surface area contributed by atoms with E-state index in [4.69, 9.17) is 0 Å². The number of urea groups is 1. The molecule has 1 aliphatic heterocycles. The molecule has 1 spiro atoms. The van der Waals surface area contributed by atoms with E-state index < -0.39 is 11.6 Å². The minimum absolute atomic E-state index is 0.232. The van der Waals surface area contributed by atoms with Crippen LogP contribution in [-0.2, 0) is 4.79 Å². The van der Waals surface area contributed by atoms with Gasteiger partial charge in [0, 0.05) is 12.8 Å². The van der Waals surface area contributed by atoms with Crippen LogP contribution in [0.5, 0.6) is 0 Å². The Hall–Kier alpha value is -1.84. The van der Waals surface area contributed by atoms with Gasteiger partial charge in [0.25, 0.3) is 5.91 Å². The number of rotatable bonds is 1. The average molecular weight is 248 g/mol. The van der Waals surface area contributed by atoms with Gasteiger partial charge in [-0.05, 0) is 18.1 Å². The van der Waals surface area contributed by atoms with Crippen LogP contribution in [0.25, 0.3) is 0 Å². The summed E-state index contributed by atoms with van der Waals surface area (Å²) >= 11 is 0. The highest BCUT2D eigenvalue weighted by Crippen LogP contribution is 2.40. The number of nitrogens with one attached hydrogen (secondary N) is 2. The summed E-state index contributed by atoms with van der Waals surface area (Å²) in [6.07, 6.45) is 6.66. The van der Waals surface area contributed by atoms with Gasteiger partial charge in [-0.3, -0.25) is 10.1 Å². The third-order valence-corrected chi connectivity index (χ3v) is 3.08. The number of hydrogen-bond donors (Lipinski definition) is 2. The van der Waals surface area contributed by atoms with E-state index in [0.29, 0.717) is 12.8 Å². The maximum Gasteiger partial charge on any atom is 0.322 e. The summed E-state index contributed by atoms with van der Waals surface area (Å²) < 4.78 is 0. The van der Waals surface area contributed by atoms with Gasteiger partial charge in [0.2, 0.25) is 0 Å². The second kappa shape index (κ2) is 5.67. The summed E-state index contributed by atoms with van der Waals surface area (Å²) in [5.74, 6) is -0.232. The molecule has 0 bridgehead atoms. The molecular weight excluding hydrogens is 228 g/mol. The van der Waals surface area contributed by atoms with Crippen LogP contribution < -0.4 is 10.6 Å². The van der Waals surface area contributed by atoms with Gasteiger partial charge < -0.3 is 5.32 Å². The van der Waals surface area contributed by atoms with Crippen molar-refractivity contribution in [2.75, 3.05) is 0 Å². The normalized spacial score (nSPS) is 30.2. The van der Waals surface area contributed by atoms with Crippen LogP contribution in [0.2, 0.25) is 0 Å². The van der Waals surface area contributed by atoms with Crippen LogP contribution >= 0.6 is 0 Å². The molecular formula is C14H20N2O2. The Balaban J connectivity index is 0.000000771. The maximum absolute atomic E-state index is 11.7. The maximum atomic E-state index is 11.7. The third-order valence-electron chi connectivity index (χ3n) is 3.08. The van der Waals surface area contributed by atoms with E-state index >= 15 is 0 Å². The van der Waals surface area contributed by atoms with Gasteiger partial charge in [-0.25, -0.2) is 4.79 Å². The zero-order valence-electron chi connectivity index (χ0n) is 11.2. The number of imide groups is 1. The van der Waals surface area contributed by atoms with Crippen LogP contribution in [0, 0.1) is 0 Å². The smallest absolute Gasteiger partial charge is 0.322 e. The van der Waals surface area contributed by atoms with Crippen molar-refractivity contribution < 1.29 is 9.59 Å². The fourth-order valence-electron chi connectivity index (χ4n) is 2.31. The van der Waals surface area contributed by atoms with E-state index in [-0.39, 0.29) is 5.91 Å². The first-order valence-corrected chi connectivity index (χ1v) is 6.22. The molecule has 1 atom stereocenters. The molecule has 0 aromatic heterocycles. The molecule has 1 heterocycles. The Morgan fingerprint density at radius 2 is 1.83 bits per heavy atom. The monoisotopic (exact) mass is 248 g/mol. The quantitative estimate of drug-likeness (QED) is 0.700. The number of amides is 3. The Bertz CT molecular complexity index is 435. The highest BCUT2D eigenvalue weighted by molar-refractivity contribution is 6.08. The first-order chi connectivity index (χ1) is 8.61. The molecule has 1 saturated carbocycles. The van der Waals surface area contributed by atoms with Crippen molar-refractivity contribution in [2.45, 2.75) is 39.2 Å². The summed E-state index contributed by atoms with van der Waals surface area (Å²) in [6, 6.07) is -0.402. The predicted molar refractivity (Wildman–Crippen MR) is 72.0 cm³/mol. The second-order valence-electron chi connectivity index (χ2n) is 4.09. The van der Waals surface area contributed by atoms with Crippen LogP contribution in [0.3, 0.4) is 0 Å². The van der Waals surface area contributed by atoms with Crippen molar-refractivity contribution in [1.82, 2.24) is 10.6 Å². The molecule has 0 aromatic rings. The minimum atomic E-state index is -0.770. The van der Waals surface area contributed by atoms with Crippen molar-refractivity contribution in [3.63, 3.8) is 0 Å². The largest absolute Gasteiger partial charge is 0.323 e. The van der Waals surface area contributed by atoms with Crippen molar-refractivity contribution in [2.24, 2.45) is 0 Å². The summed E-state index contributed by atoms with van der Waals surface area (Å²) in [5.41, 5.74) is 1.39. The van der Waals surface area contributed by atoms with Gasteiger partial charge in [-0.15, -0.1) is 0 Å². The van der Waals surface area contributed by atoms with Crippen molar-refractivity contribution in [3.05, 3.63) is 36.0 Å². The van der Waals surface area contributed by atoms with Gasteiger partial charge in [0.05, 0.1) is 0 Å². The topological polar surface area (TPSA) is 58.2 Å². The van der Waals surface area contributed by atoms with Crippen molar-refractivity contribution >= 4 is 11.9 Å². The summed E-state index contributed by atoms with van der Waals surface area (Å²) in [6.45, 7) is 9.58. The average Bonchev–Trinajstić information content (AvgIpc) is 2.84. The third kappa shape index (κ3) is 2.37. The van der Waals surface area contributed by atoms with E-state index in [2.05, 4.69) is 17.2 Å². The molecule has 0 aromatic carbocycles. The summed E-state index contributed by atoms with van der Waals surface area (Å²) in [4.78, 5) is 22.9. The summed E-state index contributed by atoms with van der Waals surface area (Å²) in [7, 11) is 0. The molecule has 3 amide bonds. The van der Waals surface area contributed by atoms with Crippen LogP contribution in [0.4, 0.5) is 4.79 Å². The van der Waals surface area contributed by atoms with E-state index in [1.807, 2.05) is 32.9 Å². The lowest BCUT2D eigenvalue weighted by Gasteiger charge is -2.17. The fraction of sp³-hybridized carbons (Fsp3) is 0.429. The molecule has 4 heteroatoms. The van der Waals surface area contributed by atoms with E-state index in [9.17, 15) is 9.59 Å². The molecule has 1 saturated heterocycles. The molecule has 2 fully saturated rings. The molecule has 2 rings (SSSR count). The second-order valence-corrected chi connectivity index (χ2v) is 4.09. The number of allylic oxidation sites excluding steroid dienone is 3. The van der Waals surface area contributed by atoms with Crippen LogP contribution in [0.1, 0.15) is 33.6 Å². The lowest BCUT2D eigenvalue weighted by Crippen LogP contribution is -2.43. The Morgan fingerprint density at radius 1 is 1.22 bits per heavy atom. The van der Waals surface area contributed by atoms with Crippen molar-refractivity contribution in [1.29, 1.82) is 0 Å². The highest BCUT2D eigenvalue weighted by Gasteiger charge is 2.50. The Labute approximate surface area is 108 Å². The number of carbonyl (C=O) groups excluding carboxylic acids is 2. The highest BCUT2D eigenvalue weighted by atomic mass is 16.2. The van der Waals surface area contributed by atoms with Crippen molar-refractivity contribution in [3.8, 4) is 0 Å². The Morgan fingerprint density at radius 3 is 2.28 bits per heavy atom. The molecule has 1 aliphatic carbocycles. The molecule has 2 aliphatic rings. The lowest BCUT2D eigenvalue weighted by molar-refractivity contribution is -0.123. The molecule has 0 radical (unpaired) electrons. The predicted octanol–water partition coefficient (Wildman–Crippen LogP) is 2.44.